The lowest BCUT2D eigenvalue weighted by molar-refractivity contribution is -0.139. The van der Waals surface area contributed by atoms with Gasteiger partial charge in [0.25, 0.3) is 0 Å². The van der Waals surface area contributed by atoms with E-state index < -0.39 is 6.04 Å². The quantitative estimate of drug-likeness (QED) is 0.170. The average Bonchev–Trinajstić information content (AvgIpc) is 3.28. The third kappa shape index (κ3) is 6.23. The Bertz CT molecular complexity index is 1230. The maximum absolute atomic E-state index is 13.3. The summed E-state index contributed by atoms with van der Waals surface area (Å²) in [5, 5.41) is 9.37. The van der Waals surface area contributed by atoms with E-state index in [0.29, 0.717) is 46.4 Å². The number of aromatic nitrogens is 3. The predicted octanol–water partition coefficient (Wildman–Crippen LogP) is 6.64. The third-order valence-corrected chi connectivity index (χ3v) is 7.01. The van der Waals surface area contributed by atoms with Crippen molar-refractivity contribution in [1.29, 1.82) is 0 Å². The first-order chi connectivity index (χ1) is 17.5. The summed E-state index contributed by atoms with van der Waals surface area (Å²) >= 11 is 7.59. The van der Waals surface area contributed by atoms with E-state index in [1.807, 2.05) is 55.5 Å². The summed E-state index contributed by atoms with van der Waals surface area (Å²) in [6, 6.07) is 14.8. The fourth-order valence-electron chi connectivity index (χ4n) is 3.87. The second-order valence-electron chi connectivity index (χ2n) is 8.55. The molecule has 1 aromatic heterocycles. The molecule has 4 rings (SSSR count). The van der Waals surface area contributed by atoms with Gasteiger partial charge in [-0.2, -0.15) is 4.98 Å². The standard InChI is InChI=1S/C27H31ClN4O3S/c1-4-6-14-34-25(33)23-18(3)29-26-30-27(36-15-5-2)31-32(26)24(23)20-8-7-9-22(16-20)35-17-19-10-12-21(28)13-11-19/h7-13,16,24H,4-6,14-15,17H2,1-3H3,(H,29,30,31). The minimum Gasteiger partial charge on any atom is -0.489 e. The number of hydrogen-bond acceptors (Lipinski definition) is 7. The fourth-order valence-corrected chi connectivity index (χ4v) is 4.68. The Morgan fingerprint density at radius 2 is 1.97 bits per heavy atom. The smallest absolute Gasteiger partial charge is 0.338 e. The van der Waals surface area contributed by atoms with Gasteiger partial charge < -0.3 is 14.8 Å². The molecule has 1 aliphatic heterocycles. The van der Waals surface area contributed by atoms with Crippen LogP contribution >= 0.6 is 23.4 Å². The van der Waals surface area contributed by atoms with Crippen LogP contribution in [0.25, 0.3) is 0 Å². The Morgan fingerprint density at radius 3 is 2.72 bits per heavy atom. The monoisotopic (exact) mass is 526 g/mol. The molecule has 0 aliphatic carbocycles. The first-order valence-corrected chi connectivity index (χ1v) is 13.6. The third-order valence-electron chi connectivity index (χ3n) is 5.71. The van der Waals surface area contributed by atoms with Crippen LogP contribution in [-0.4, -0.2) is 33.1 Å². The number of halogens is 1. The number of ether oxygens (including phenoxy) is 2. The number of thioether (sulfide) groups is 1. The van der Waals surface area contributed by atoms with E-state index in [1.54, 1.807) is 16.4 Å². The molecule has 36 heavy (non-hydrogen) atoms. The van der Waals surface area contributed by atoms with Crippen LogP contribution in [-0.2, 0) is 16.1 Å². The van der Waals surface area contributed by atoms with Gasteiger partial charge in [0.2, 0.25) is 11.1 Å². The molecular weight excluding hydrogens is 496 g/mol. The molecule has 1 N–H and O–H groups in total. The first kappa shape index (κ1) is 26.1. The molecular formula is C27H31ClN4O3S. The summed E-state index contributed by atoms with van der Waals surface area (Å²) < 4.78 is 13.5. The van der Waals surface area contributed by atoms with Crippen LogP contribution in [0.5, 0.6) is 5.75 Å². The van der Waals surface area contributed by atoms with E-state index in [1.165, 1.54) is 0 Å². The summed E-state index contributed by atoms with van der Waals surface area (Å²) in [5.74, 6) is 1.86. The van der Waals surface area contributed by atoms with Gasteiger partial charge in [0.15, 0.2) is 0 Å². The van der Waals surface area contributed by atoms with E-state index in [9.17, 15) is 4.79 Å². The van der Waals surface area contributed by atoms with Crippen LogP contribution in [0.2, 0.25) is 5.02 Å². The van der Waals surface area contributed by atoms with Crippen LogP contribution < -0.4 is 10.1 Å². The molecule has 2 aromatic carbocycles. The van der Waals surface area contributed by atoms with Crippen LogP contribution in [0, 0.1) is 0 Å². The van der Waals surface area contributed by atoms with E-state index >= 15 is 0 Å². The van der Waals surface area contributed by atoms with Gasteiger partial charge in [0.1, 0.15) is 18.4 Å². The van der Waals surface area contributed by atoms with Crippen molar-refractivity contribution in [2.24, 2.45) is 0 Å². The highest BCUT2D eigenvalue weighted by Gasteiger charge is 2.35. The number of allylic oxidation sites excluding steroid dienone is 1. The molecule has 0 radical (unpaired) electrons. The second-order valence-corrected chi connectivity index (χ2v) is 10.1. The zero-order valence-corrected chi connectivity index (χ0v) is 22.4. The maximum Gasteiger partial charge on any atom is 0.338 e. The Morgan fingerprint density at radius 1 is 1.17 bits per heavy atom. The van der Waals surface area contributed by atoms with Crippen molar-refractivity contribution in [2.75, 3.05) is 17.7 Å². The number of benzene rings is 2. The minimum atomic E-state index is -0.488. The van der Waals surface area contributed by atoms with Crippen LogP contribution in [0.3, 0.4) is 0 Å². The number of esters is 1. The summed E-state index contributed by atoms with van der Waals surface area (Å²) in [6.45, 7) is 6.85. The number of fused-ring (bicyclic) bond motifs is 1. The van der Waals surface area contributed by atoms with Gasteiger partial charge in [0.05, 0.1) is 12.2 Å². The fraction of sp³-hybridized carbons (Fsp3) is 0.370. The van der Waals surface area contributed by atoms with Crippen molar-refractivity contribution in [3.63, 3.8) is 0 Å². The summed E-state index contributed by atoms with van der Waals surface area (Å²) in [4.78, 5) is 17.9. The first-order valence-electron chi connectivity index (χ1n) is 12.2. The maximum atomic E-state index is 13.3. The Labute approximate surface area is 221 Å². The van der Waals surface area contributed by atoms with Crippen molar-refractivity contribution in [2.45, 2.75) is 57.8 Å². The number of anilines is 1. The number of carbonyl (C=O) groups is 1. The molecule has 3 aromatic rings. The van der Waals surface area contributed by atoms with E-state index in [2.05, 4.69) is 24.1 Å². The van der Waals surface area contributed by atoms with Crippen molar-refractivity contribution < 1.29 is 14.3 Å². The SMILES string of the molecule is CCCCOC(=O)C1=C(C)Nc2nc(SCCC)nn2C1c1cccc(OCc2ccc(Cl)cc2)c1. The van der Waals surface area contributed by atoms with Gasteiger partial charge in [-0.15, -0.1) is 5.10 Å². The minimum absolute atomic E-state index is 0.352. The van der Waals surface area contributed by atoms with Gasteiger partial charge in [-0.1, -0.05) is 67.9 Å². The molecule has 2 heterocycles. The highest BCUT2D eigenvalue weighted by molar-refractivity contribution is 7.99. The van der Waals surface area contributed by atoms with Crippen molar-refractivity contribution in [1.82, 2.24) is 14.8 Å². The van der Waals surface area contributed by atoms with Crippen LogP contribution in [0.15, 0.2) is 65.0 Å². The normalized spacial score (nSPS) is 14.8. The van der Waals surface area contributed by atoms with Crippen molar-refractivity contribution in [3.8, 4) is 5.75 Å². The molecule has 190 valence electrons. The van der Waals surface area contributed by atoms with Gasteiger partial charge in [-0.05, 0) is 55.2 Å². The summed E-state index contributed by atoms with van der Waals surface area (Å²) in [6.07, 6.45) is 2.78. The molecule has 7 nitrogen and oxygen atoms in total. The lowest BCUT2D eigenvalue weighted by Gasteiger charge is -2.28. The zero-order chi connectivity index (χ0) is 25.5. The topological polar surface area (TPSA) is 78.3 Å². The Balaban J connectivity index is 1.65. The molecule has 1 unspecified atom stereocenters. The molecule has 0 amide bonds. The zero-order valence-electron chi connectivity index (χ0n) is 20.8. The molecule has 1 aliphatic rings. The van der Waals surface area contributed by atoms with Gasteiger partial charge >= 0.3 is 5.97 Å². The lowest BCUT2D eigenvalue weighted by Crippen LogP contribution is -2.29. The number of carbonyl (C=O) groups excluding carboxylic acids is 1. The lowest BCUT2D eigenvalue weighted by atomic mass is 9.95. The molecule has 0 fully saturated rings. The molecule has 0 bridgehead atoms. The van der Waals surface area contributed by atoms with Crippen LogP contribution in [0.4, 0.5) is 5.95 Å². The predicted molar refractivity (Wildman–Crippen MR) is 144 cm³/mol. The number of nitrogens with zero attached hydrogens (tertiary/aromatic N) is 3. The van der Waals surface area contributed by atoms with E-state index in [4.69, 9.17) is 26.2 Å². The summed E-state index contributed by atoms with van der Waals surface area (Å²) in [7, 11) is 0. The summed E-state index contributed by atoms with van der Waals surface area (Å²) in [5.41, 5.74) is 3.11. The van der Waals surface area contributed by atoms with Crippen LogP contribution in [0.1, 0.15) is 57.2 Å². The second kappa shape index (κ2) is 12.3. The number of nitrogens with one attached hydrogen (secondary N) is 1. The molecule has 0 saturated heterocycles. The highest BCUT2D eigenvalue weighted by Crippen LogP contribution is 2.37. The van der Waals surface area contributed by atoms with Crippen molar-refractivity contribution >= 4 is 35.3 Å². The highest BCUT2D eigenvalue weighted by atomic mass is 35.5. The van der Waals surface area contributed by atoms with Gasteiger partial charge in [-0.25, -0.2) is 9.48 Å². The Hall–Kier alpha value is -2.97. The van der Waals surface area contributed by atoms with E-state index in [-0.39, 0.29) is 5.97 Å². The molecule has 1 atom stereocenters. The molecule has 0 saturated carbocycles. The van der Waals surface area contributed by atoms with Gasteiger partial charge in [-0.3, -0.25) is 0 Å². The number of rotatable bonds is 11. The largest absolute Gasteiger partial charge is 0.489 e. The number of hydrogen-bond donors (Lipinski definition) is 1. The Kier molecular flexibility index (Phi) is 8.93. The molecule has 9 heteroatoms. The molecule has 0 spiro atoms. The van der Waals surface area contributed by atoms with Crippen molar-refractivity contribution in [3.05, 3.63) is 76.0 Å². The number of unbranched alkanes of at least 4 members (excludes halogenated alkanes) is 1. The average molecular weight is 527 g/mol. The van der Waals surface area contributed by atoms with Gasteiger partial charge in [0, 0.05) is 16.5 Å². The van der Waals surface area contributed by atoms with E-state index in [0.717, 1.165) is 36.1 Å².